The standard InChI is InChI=1S/C21H24N2O5/c1-13-12-27-18-11-19-16(9-15(13)18)14(2)17(21(25)28-19)10-20(24)22-3-4-23-5-7-26-8-6-23/h9,11-12H,3-8,10H2,1-2H3,(H,22,24). The lowest BCUT2D eigenvalue weighted by Crippen LogP contribution is -2.41. The molecule has 2 aromatic heterocycles. The molecule has 0 atom stereocenters. The number of carbonyl (C=O) groups is 1. The summed E-state index contributed by atoms with van der Waals surface area (Å²) in [6.45, 7) is 8.37. The van der Waals surface area contributed by atoms with E-state index in [2.05, 4.69) is 10.2 Å². The molecule has 0 unspecified atom stereocenters. The van der Waals surface area contributed by atoms with E-state index < -0.39 is 5.63 Å². The number of carbonyl (C=O) groups excluding carboxylic acids is 1. The van der Waals surface area contributed by atoms with Crippen LogP contribution in [0, 0.1) is 13.8 Å². The van der Waals surface area contributed by atoms with Gasteiger partial charge in [0.05, 0.1) is 31.5 Å². The first kappa shape index (κ1) is 18.7. The van der Waals surface area contributed by atoms with E-state index in [1.54, 1.807) is 12.3 Å². The van der Waals surface area contributed by atoms with E-state index in [9.17, 15) is 9.59 Å². The summed E-state index contributed by atoms with van der Waals surface area (Å²) in [5.74, 6) is -0.177. The Kier molecular flexibility index (Phi) is 5.19. The summed E-state index contributed by atoms with van der Waals surface area (Å²) < 4.78 is 16.3. The molecule has 1 amide bonds. The first-order chi connectivity index (χ1) is 13.5. The maximum absolute atomic E-state index is 12.5. The lowest BCUT2D eigenvalue weighted by atomic mass is 10.0. The van der Waals surface area contributed by atoms with Gasteiger partial charge in [0, 0.05) is 43.0 Å². The molecule has 0 radical (unpaired) electrons. The number of aryl methyl sites for hydroxylation is 2. The quantitative estimate of drug-likeness (QED) is 0.679. The Labute approximate surface area is 162 Å². The van der Waals surface area contributed by atoms with Gasteiger partial charge in [0.2, 0.25) is 5.91 Å². The van der Waals surface area contributed by atoms with Crippen LogP contribution in [0.1, 0.15) is 16.7 Å². The molecule has 1 aromatic carbocycles. The van der Waals surface area contributed by atoms with Crippen molar-refractivity contribution in [2.75, 3.05) is 39.4 Å². The zero-order valence-corrected chi connectivity index (χ0v) is 16.2. The molecular weight excluding hydrogens is 360 g/mol. The molecule has 3 aromatic rings. The van der Waals surface area contributed by atoms with Gasteiger partial charge in [-0.1, -0.05) is 0 Å². The lowest BCUT2D eigenvalue weighted by Gasteiger charge is -2.26. The van der Waals surface area contributed by atoms with Crippen molar-refractivity contribution < 1.29 is 18.4 Å². The van der Waals surface area contributed by atoms with Gasteiger partial charge in [-0.15, -0.1) is 0 Å². The Morgan fingerprint density at radius 2 is 1.93 bits per heavy atom. The maximum atomic E-state index is 12.5. The monoisotopic (exact) mass is 384 g/mol. The van der Waals surface area contributed by atoms with Crippen LogP contribution < -0.4 is 10.9 Å². The molecule has 7 heteroatoms. The zero-order valence-electron chi connectivity index (χ0n) is 16.2. The minimum atomic E-state index is -0.476. The zero-order chi connectivity index (χ0) is 19.7. The molecule has 1 N–H and O–H groups in total. The summed E-state index contributed by atoms with van der Waals surface area (Å²) >= 11 is 0. The molecule has 148 valence electrons. The number of benzene rings is 1. The van der Waals surface area contributed by atoms with E-state index in [1.807, 2.05) is 19.9 Å². The Balaban J connectivity index is 1.51. The maximum Gasteiger partial charge on any atom is 0.340 e. The minimum Gasteiger partial charge on any atom is -0.464 e. The predicted octanol–water partition coefficient (Wildman–Crippen LogP) is 2.15. The molecule has 1 saturated heterocycles. The molecule has 0 saturated carbocycles. The van der Waals surface area contributed by atoms with Crippen LogP contribution in [-0.2, 0) is 16.0 Å². The second kappa shape index (κ2) is 7.77. The van der Waals surface area contributed by atoms with Gasteiger partial charge in [0.1, 0.15) is 11.2 Å². The molecule has 1 fully saturated rings. The third kappa shape index (κ3) is 3.68. The summed E-state index contributed by atoms with van der Waals surface area (Å²) in [5.41, 5.74) is 2.87. The molecule has 7 nitrogen and oxygen atoms in total. The fourth-order valence-electron chi connectivity index (χ4n) is 3.64. The molecule has 0 spiro atoms. The largest absolute Gasteiger partial charge is 0.464 e. The second-order valence-electron chi connectivity index (χ2n) is 7.24. The molecule has 1 aliphatic heterocycles. The number of furan rings is 1. The summed E-state index contributed by atoms with van der Waals surface area (Å²) in [6, 6.07) is 3.69. The van der Waals surface area contributed by atoms with Crippen LogP contribution in [0.5, 0.6) is 0 Å². The van der Waals surface area contributed by atoms with Crippen molar-refractivity contribution in [3.63, 3.8) is 0 Å². The summed E-state index contributed by atoms with van der Waals surface area (Å²) in [4.78, 5) is 27.1. The van der Waals surface area contributed by atoms with Crippen molar-refractivity contribution in [2.45, 2.75) is 20.3 Å². The molecule has 28 heavy (non-hydrogen) atoms. The Morgan fingerprint density at radius 1 is 1.14 bits per heavy atom. The highest BCUT2D eigenvalue weighted by Gasteiger charge is 2.17. The van der Waals surface area contributed by atoms with E-state index in [0.717, 1.165) is 54.7 Å². The fraction of sp³-hybridized carbons (Fsp3) is 0.429. The van der Waals surface area contributed by atoms with Crippen molar-refractivity contribution >= 4 is 27.8 Å². The average Bonchev–Trinajstić information content (AvgIpc) is 3.05. The number of hydrogen-bond donors (Lipinski definition) is 1. The Hall–Kier alpha value is -2.64. The van der Waals surface area contributed by atoms with Crippen LogP contribution in [0.25, 0.3) is 21.9 Å². The van der Waals surface area contributed by atoms with Crippen LogP contribution in [-0.4, -0.2) is 50.2 Å². The molecular formula is C21H24N2O5. The van der Waals surface area contributed by atoms with E-state index >= 15 is 0 Å². The summed E-state index contributed by atoms with van der Waals surface area (Å²) in [7, 11) is 0. The van der Waals surface area contributed by atoms with Gasteiger partial charge in [-0.3, -0.25) is 9.69 Å². The molecule has 1 aliphatic rings. The van der Waals surface area contributed by atoms with E-state index in [4.69, 9.17) is 13.6 Å². The van der Waals surface area contributed by atoms with E-state index in [-0.39, 0.29) is 12.3 Å². The minimum absolute atomic E-state index is 0.00955. The first-order valence-electron chi connectivity index (χ1n) is 9.54. The topological polar surface area (TPSA) is 84.9 Å². The molecule has 4 rings (SSSR count). The predicted molar refractivity (Wildman–Crippen MR) is 106 cm³/mol. The smallest absolute Gasteiger partial charge is 0.340 e. The van der Waals surface area contributed by atoms with Crippen LogP contribution in [0.3, 0.4) is 0 Å². The SMILES string of the molecule is Cc1coc2cc3oc(=O)c(CC(=O)NCCN4CCOCC4)c(C)c3cc12. The summed E-state index contributed by atoms with van der Waals surface area (Å²) in [5, 5.41) is 4.70. The molecule has 3 heterocycles. The van der Waals surface area contributed by atoms with Gasteiger partial charge in [-0.25, -0.2) is 4.79 Å². The van der Waals surface area contributed by atoms with Crippen molar-refractivity contribution in [3.05, 3.63) is 45.5 Å². The number of ether oxygens (including phenoxy) is 1. The van der Waals surface area contributed by atoms with E-state index in [0.29, 0.717) is 23.3 Å². The van der Waals surface area contributed by atoms with Crippen molar-refractivity contribution in [3.8, 4) is 0 Å². The van der Waals surface area contributed by atoms with E-state index in [1.165, 1.54) is 0 Å². The van der Waals surface area contributed by atoms with Crippen LogP contribution in [0.15, 0.2) is 32.0 Å². The normalized spacial score (nSPS) is 15.4. The van der Waals surface area contributed by atoms with Gasteiger partial charge in [0.15, 0.2) is 0 Å². The third-order valence-corrected chi connectivity index (χ3v) is 5.37. The Morgan fingerprint density at radius 3 is 2.71 bits per heavy atom. The van der Waals surface area contributed by atoms with Gasteiger partial charge < -0.3 is 18.9 Å². The number of rotatable bonds is 5. The van der Waals surface area contributed by atoms with Gasteiger partial charge >= 0.3 is 5.63 Å². The number of nitrogens with one attached hydrogen (secondary N) is 1. The average molecular weight is 384 g/mol. The van der Waals surface area contributed by atoms with Crippen molar-refractivity contribution in [2.24, 2.45) is 0 Å². The molecule has 0 aliphatic carbocycles. The van der Waals surface area contributed by atoms with Gasteiger partial charge in [-0.2, -0.15) is 0 Å². The van der Waals surface area contributed by atoms with Gasteiger partial charge in [0.25, 0.3) is 0 Å². The molecule has 0 bridgehead atoms. The number of nitrogens with zero attached hydrogens (tertiary/aromatic N) is 1. The highest BCUT2D eigenvalue weighted by Crippen LogP contribution is 2.28. The fourth-order valence-corrected chi connectivity index (χ4v) is 3.64. The Bertz CT molecular complexity index is 1080. The third-order valence-electron chi connectivity index (χ3n) is 5.37. The first-order valence-corrected chi connectivity index (χ1v) is 9.54. The van der Waals surface area contributed by atoms with Gasteiger partial charge in [-0.05, 0) is 31.0 Å². The number of hydrogen-bond acceptors (Lipinski definition) is 6. The number of fused-ring (bicyclic) bond motifs is 2. The number of amides is 1. The summed E-state index contributed by atoms with van der Waals surface area (Å²) in [6.07, 6.45) is 1.69. The van der Waals surface area contributed by atoms with Crippen LogP contribution >= 0.6 is 0 Å². The van der Waals surface area contributed by atoms with Crippen LogP contribution in [0.2, 0.25) is 0 Å². The number of morpholine rings is 1. The van der Waals surface area contributed by atoms with Crippen molar-refractivity contribution in [1.29, 1.82) is 0 Å². The van der Waals surface area contributed by atoms with Crippen molar-refractivity contribution in [1.82, 2.24) is 10.2 Å². The highest BCUT2D eigenvalue weighted by molar-refractivity contribution is 5.96. The van der Waals surface area contributed by atoms with Crippen LogP contribution in [0.4, 0.5) is 0 Å². The second-order valence-corrected chi connectivity index (χ2v) is 7.24. The lowest BCUT2D eigenvalue weighted by molar-refractivity contribution is -0.120. The highest BCUT2D eigenvalue weighted by atomic mass is 16.5.